The van der Waals surface area contributed by atoms with Crippen molar-refractivity contribution in [3.8, 4) is 0 Å². The molecule has 0 unspecified atom stereocenters. The van der Waals surface area contributed by atoms with Gasteiger partial charge in [-0.1, -0.05) is 13.8 Å². The molecular weight excluding hydrogens is 119 g/mol. The Morgan fingerprint density at radius 3 is 1.71 bits per heavy atom. The van der Waals surface area contributed by atoms with Crippen molar-refractivity contribution < 1.29 is 9.90 Å². The summed E-state index contributed by atoms with van der Waals surface area (Å²) >= 11 is 0. The second-order valence-corrected chi connectivity index (χ2v) is 1.49. The van der Waals surface area contributed by atoms with Gasteiger partial charge in [-0.05, 0) is 0 Å². The molecule has 7 heavy (non-hydrogen) atoms. The van der Waals surface area contributed by atoms with Gasteiger partial charge in [0.2, 0.25) is 0 Å². The number of carboxylic acid groups (broad SMARTS) is 1. The van der Waals surface area contributed by atoms with E-state index in [1.54, 1.807) is 13.8 Å². The number of hydrogen-bond donors (Lipinski definition) is 1. The van der Waals surface area contributed by atoms with Gasteiger partial charge in [-0.3, -0.25) is 4.79 Å². The first-order chi connectivity index (χ1) is 2.64. The van der Waals surface area contributed by atoms with Crippen LogP contribution in [0, 0.1) is 5.92 Å². The van der Waals surface area contributed by atoms with Crippen molar-refractivity contribution in [3.63, 3.8) is 0 Å². The number of aliphatic carboxylic acids is 1. The molecule has 0 radical (unpaired) electrons. The zero-order valence-electron chi connectivity index (χ0n) is 3.93. The van der Waals surface area contributed by atoms with Crippen molar-refractivity contribution in [2.24, 2.45) is 5.92 Å². The zero-order valence-corrected chi connectivity index (χ0v) is 3.93. The molecule has 0 heterocycles. The molecular formula is C4H9KO2. The Morgan fingerprint density at radius 1 is 1.57 bits per heavy atom. The summed E-state index contributed by atoms with van der Waals surface area (Å²) in [6, 6.07) is 0. The Kier molecular flexibility index (Phi) is 8.23. The van der Waals surface area contributed by atoms with Crippen LogP contribution in [0.4, 0.5) is 0 Å². The van der Waals surface area contributed by atoms with Gasteiger partial charge in [0, 0.05) is 0 Å². The maximum absolute atomic E-state index is 9.70. The minimum absolute atomic E-state index is 0. The van der Waals surface area contributed by atoms with Gasteiger partial charge in [-0.15, -0.1) is 0 Å². The molecule has 0 rings (SSSR count). The summed E-state index contributed by atoms with van der Waals surface area (Å²) in [5.41, 5.74) is 0. The number of rotatable bonds is 1. The second-order valence-electron chi connectivity index (χ2n) is 1.49. The van der Waals surface area contributed by atoms with E-state index in [1.165, 1.54) is 0 Å². The Bertz CT molecular complexity index is 60.7. The van der Waals surface area contributed by atoms with Crippen LogP contribution in [0.3, 0.4) is 0 Å². The predicted molar refractivity (Wildman–Crippen MR) is 29.6 cm³/mol. The summed E-state index contributed by atoms with van der Waals surface area (Å²) in [6.45, 7) is 3.28. The maximum atomic E-state index is 9.70. The Balaban J connectivity index is 0. The molecule has 38 valence electrons. The van der Waals surface area contributed by atoms with Crippen molar-refractivity contribution in [3.05, 3.63) is 0 Å². The molecule has 0 fully saturated rings. The predicted octanol–water partition coefficient (Wildman–Crippen LogP) is 0.0785. The van der Waals surface area contributed by atoms with E-state index in [0.717, 1.165) is 0 Å². The van der Waals surface area contributed by atoms with Gasteiger partial charge in [0.15, 0.2) is 0 Å². The van der Waals surface area contributed by atoms with Crippen molar-refractivity contribution in [2.75, 3.05) is 0 Å². The van der Waals surface area contributed by atoms with Crippen LogP contribution in [0.2, 0.25) is 0 Å². The van der Waals surface area contributed by atoms with Crippen molar-refractivity contribution in [1.29, 1.82) is 0 Å². The van der Waals surface area contributed by atoms with Crippen LogP contribution in [0.1, 0.15) is 13.8 Å². The molecule has 0 amide bonds. The summed E-state index contributed by atoms with van der Waals surface area (Å²) < 4.78 is 0. The van der Waals surface area contributed by atoms with Gasteiger partial charge in [-0.25, -0.2) is 0 Å². The first kappa shape index (κ1) is 11.0. The van der Waals surface area contributed by atoms with E-state index >= 15 is 0 Å². The summed E-state index contributed by atoms with van der Waals surface area (Å²) in [7, 11) is 0. The van der Waals surface area contributed by atoms with Crippen LogP contribution in [0.15, 0.2) is 0 Å². The van der Waals surface area contributed by atoms with E-state index in [-0.39, 0.29) is 57.3 Å². The van der Waals surface area contributed by atoms with E-state index < -0.39 is 5.97 Å². The van der Waals surface area contributed by atoms with Gasteiger partial charge in [0.05, 0.1) is 5.92 Å². The van der Waals surface area contributed by atoms with E-state index in [4.69, 9.17) is 5.11 Å². The van der Waals surface area contributed by atoms with E-state index in [9.17, 15) is 4.79 Å². The zero-order chi connectivity index (χ0) is 5.15. The summed E-state index contributed by atoms with van der Waals surface area (Å²) in [5.74, 6) is -0.972. The van der Waals surface area contributed by atoms with Crippen molar-refractivity contribution >= 4 is 57.4 Å². The van der Waals surface area contributed by atoms with E-state index in [0.29, 0.717) is 0 Å². The van der Waals surface area contributed by atoms with Gasteiger partial charge in [0.25, 0.3) is 0 Å². The fourth-order valence-electron chi connectivity index (χ4n) is 0. The second kappa shape index (κ2) is 5.25. The molecule has 2 nitrogen and oxygen atoms in total. The molecule has 0 aromatic carbocycles. The van der Waals surface area contributed by atoms with Gasteiger partial charge < -0.3 is 5.11 Å². The van der Waals surface area contributed by atoms with Gasteiger partial charge >= 0.3 is 57.4 Å². The number of hydrogen-bond acceptors (Lipinski definition) is 1. The first-order valence-corrected chi connectivity index (χ1v) is 1.87. The molecule has 0 bridgehead atoms. The molecule has 3 heteroatoms. The number of carbonyl (C=O) groups is 1. The molecule has 0 saturated carbocycles. The minimum atomic E-state index is -0.741. The van der Waals surface area contributed by atoms with Crippen LogP contribution in [-0.4, -0.2) is 62.5 Å². The quantitative estimate of drug-likeness (QED) is 0.508. The van der Waals surface area contributed by atoms with Crippen LogP contribution >= 0.6 is 0 Å². The fourth-order valence-corrected chi connectivity index (χ4v) is 0. The van der Waals surface area contributed by atoms with Crippen LogP contribution in [0.5, 0.6) is 0 Å². The first-order valence-electron chi connectivity index (χ1n) is 1.87. The third-order valence-corrected chi connectivity index (χ3v) is 0.494. The van der Waals surface area contributed by atoms with Gasteiger partial charge in [0.1, 0.15) is 0 Å². The molecule has 0 saturated heterocycles. The molecule has 0 spiro atoms. The third kappa shape index (κ3) is 7.11. The molecule has 1 N–H and O–H groups in total. The van der Waals surface area contributed by atoms with Crippen LogP contribution < -0.4 is 0 Å². The standard InChI is InChI=1S/C4H8O2.K.H/c1-3(2)4(5)6;;/h3H,1-2H3,(H,5,6);;. The van der Waals surface area contributed by atoms with Crippen molar-refractivity contribution in [1.82, 2.24) is 0 Å². The Hall–Kier alpha value is 1.11. The fraction of sp³-hybridized carbons (Fsp3) is 0.750. The van der Waals surface area contributed by atoms with E-state index in [2.05, 4.69) is 0 Å². The SMILES string of the molecule is CC(C)C(=O)O.[KH]. The Morgan fingerprint density at radius 2 is 1.71 bits per heavy atom. The van der Waals surface area contributed by atoms with Gasteiger partial charge in [-0.2, -0.15) is 0 Å². The molecule has 0 aliphatic heterocycles. The normalized spacial score (nSPS) is 7.86. The van der Waals surface area contributed by atoms with Crippen LogP contribution in [0.25, 0.3) is 0 Å². The molecule has 0 aromatic heterocycles. The van der Waals surface area contributed by atoms with Crippen LogP contribution in [-0.2, 0) is 4.79 Å². The number of carboxylic acids is 1. The Labute approximate surface area is 85.7 Å². The van der Waals surface area contributed by atoms with Crippen molar-refractivity contribution in [2.45, 2.75) is 13.8 Å². The average Bonchev–Trinajstić information content (AvgIpc) is 1.36. The van der Waals surface area contributed by atoms with E-state index in [1.807, 2.05) is 0 Å². The summed E-state index contributed by atoms with van der Waals surface area (Å²) in [5, 5.41) is 7.99. The molecule has 0 aliphatic rings. The molecule has 0 aliphatic carbocycles. The summed E-state index contributed by atoms with van der Waals surface area (Å²) in [6.07, 6.45) is 0. The third-order valence-electron chi connectivity index (χ3n) is 0.494. The summed E-state index contributed by atoms with van der Waals surface area (Å²) in [4.78, 5) is 9.70. The molecule has 0 aromatic rings. The monoisotopic (exact) mass is 128 g/mol. The molecule has 0 atom stereocenters. The average molecular weight is 128 g/mol. The topological polar surface area (TPSA) is 37.3 Å².